The average molecular weight is 319 g/mol. The second-order valence-corrected chi connectivity index (χ2v) is 6.33. The summed E-state index contributed by atoms with van der Waals surface area (Å²) in [6.45, 7) is 4.51. The number of hydrogen-bond acceptors (Lipinski definition) is 3. The zero-order chi connectivity index (χ0) is 15.3. The molecule has 0 spiro atoms. The number of ether oxygens (including phenoxy) is 1. The molecule has 0 aromatic heterocycles. The van der Waals surface area contributed by atoms with Gasteiger partial charge in [0.25, 0.3) is 0 Å². The lowest BCUT2D eigenvalue weighted by molar-refractivity contribution is -0.0328. The molecule has 1 aromatic carbocycles. The number of halogens is 3. The quantitative estimate of drug-likeness (QED) is 0.794. The number of alkyl halides is 3. The van der Waals surface area contributed by atoms with Crippen LogP contribution in [0.25, 0.3) is 0 Å². The highest BCUT2D eigenvalue weighted by molar-refractivity contribution is 8.00. The van der Waals surface area contributed by atoms with Crippen LogP contribution in [0.2, 0.25) is 0 Å². The van der Waals surface area contributed by atoms with Gasteiger partial charge in [0.15, 0.2) is 0 Å². The van der Waals surface area contributed by atoms with E-state index in [0.29, 0.717) is 18.6 Å². The zero-order valence-electron chi connectivity index (χ0n) is 12.0. The SMILES string of the molecule is CCC1OCCC1CNCc1ccc(SC(F)(F)F)cc1. The van der Waals surface area contributed by atoms with Gasteiger partial charge in [-0.25, -0.2) is 0 Å². The van der Waals surface area contributed by atoms with Crippen LogP contribution in [0.5, 0.6) is 0 Å². The molecule has 21 heavy (non-hydrogen) atoms. The second kappa shape index (κ2) is 7.51. The third kappa shape index (κ3) is 5.52. The molecule has 0 amide bonds. The highest BCUT2D eigenvalue weighted by atomic mass is 32.2. The van der Waals surface area contributed by atoms with Crippen molar-refractivity contribution in [1.82, 2.24) is 5.32 Å². The first-order valence-corrected chi connectivity index (χ1v) is 7.96. The zero-order valence-corrected chi connectivity index (χ0v) is 12.8. The summed E-state index contributed by atoms with van der Waals surface area (Å²) in [4.78, 5) is 0.224. The fourth-order valence-corrected chi connectivity index (χ4v) is 3.13. The topological polar surface area (TPSA) is 21.3 Å². The van der Waals surface area contributed by atoms with Gasteiger partial charge < -0.3 is 10.1 Å². The minimum Gasteiger partial charge on any atom is -0.378 e. The molecule has 6 heteroatoms. The van der Waals surface area contributed by atoms with Crippen LogP contribution in [0.1, 0.15) is 25.3 Å². The van der Waals surface area contributed by atoms with E-state index >= 15 is 0 Å². The van der Waals surface area contributed by atoms with Gasteiger partial charge in [-0.1, -0.05) is 19.1 Å². The van der Waals surface area contributed by atoms with E-state index in [1.165, 1.54) is 12.1 Å². The molecular formula is C15H20F3NOS. The maximum absolute atomic E-state index is 12.2. The summed E-state index contributed by atoms with van der Waals surface area (Å²) < 4.78 is 42.3. The van der Waals surface area contributed by atoms with Crippen LogP contribution in [0.15, 0.2) is 29.2 Å². The van der Waals surface area contributed by atoms with Crippen molar-refractivity contribution in [3.05, 3.63) is 29.8 Å². The van der Waals surface area contributed by atoms with Crippen molar-refractivity contribution in [2.45, 2.75) is 42.8 Å². The van der Waals surface area contributed by atoms with Crippen LogP contribution < -0.4 is 5.32 Å². The van der Waals surface area contributed by atoms with Gasteiger partial charge in [0, 0.05) is 24.6 Å². The van der Waals surface area contributed by atoms with Gasteiger partial charge in [-0.2, -0.15) is 13.2 Å². The van der Waals surface area contributed by atoms with Crippen molar-refractivity contribution in [2.75, 3.05) is 13.2 Å². The monoisotopic (exact) mass is 319 g/mol. The van der Waals surface area contributed by atoms with E-state index < -0.39 is 5.51 Å². The molecule has 1 saturated heterocycles. The number of hydrogen-bond donors (Lipinski definition) is 1. The highest BCUT2D eigenvalue weighted by Crippen LogP contribution is 2.36. The summed E-state index contributed by atoms with van der Waals surface area (Å²) in [6, 6.07) is 6.51. The maximum atomic E-state index is 12.2. The predicted octanol–water partition coefficient (Wildman–Crippen LogP) is 4.20. The van der Waals surface area contributed by atoms with Crippen molar-refractivity contribution < 1.29 is 17.9 Å². The molecule has 1 aliphatic rings. The Balaban J connectivity index is 1.76. The Hall–Kier alpha value is -0.720. The van der Waals surface area contributed by atoms with Gasteiger partial charge in [-0.15, -0.1) is 0 Å². The lowest BCUT2D eigenvalue weighted by Gasteiger charge is -2.17. The highest BCUT2D eigenvalue weighted by Gasteiger charge is 2.29. The number of nitrogens with one attached hydrogen (secondary N) is 1. The summed E-state index contributed by atoms with van der Waals surface area (Å²) in [6.07, 6.45) is 2.44. The summed E-state index contributed by atoms with van der Waals surface area (Å²) in [7, 11) is 0. The van der Waals surface area contributed by atoms with Gasteiger partial charge >= 0.3 is 5.51 Å². The molecule has 0 bridgehead atoms. The smallest absolute Gasteiger partial charge is 0.378 e. The van der Waals surface area contributed by atoms with Gasteiger partial charge in [0.1, 0.15) is 0 Å². The standard InChI is InChI=1S/C15H20F3NOS/c1-2-14-12(7-8-20-14)10-19-9-11-3-5-13(6-4-11)21-15(16,17)18/h3-6,12,14,19H,2,7-10H2,1H3. The summed E-state index contributed by atoms with van der Waals surface area (Å²) >= 11 is -0.0800. The number of thioether (sulfide) groups is 1. The molecule has 118 valence electrons. The predicted molar refractivity (Wildman–Crippen MR) is 78.2 cm³/mol. The van der Waals surface area contributed by atoms with Crippen LogP contribution in [0.3, 0.4) is 0 Å². The third-order valence-electron chi connectivity index (χ3n) is 3.64. The molecule has 2 rings (SSSR count). The van der Waals surface area contributed by atoms with Gasteiger partial charge in [-0.05, 0) is 48.2 Å². The van der Waals surface area contributed by atoms with Crippen LogP contribution in [0, 0.1) is 5.92 Å². The minimum atomic E-state index is -4.22. The van der Waals surface area contributed by atoms with E-state index in [-0.39, 0.29) is 16.7 Å². The Morgan fingerprint density at radius 2 is 2.00 bits per heavy atom. The first-order valence-electron chi connectivity index (χ1n) is 7.15. The molecule has 2 atom stereocenters. The largest absolute Gasteiger partial charge is 0.446 e. The van der Waals surface area contributed by atoms with E-state index in [0.717, 1.165) is 31.6 Å². The number of benzene rings is 1. The second-order valence-electron chi connectivity index (χ2n) is 5.19. The van der Waals surface area contributed by atoms with E-state index in [1.807, 2.05) is 0 Å². The average Bonchev–Trinajstić information content (AvgIpc) is 2.86. The first-order chi connectivity index (χ1) is 9.98. The normalized spacial score (nSPS) is 22.7. The van der Waals surface area contributed by atoms with Crippen molar-refractivity contribution >= 4 is 11.8 Å². The molecule has 1 aromatic rings. The molecule has 0 radical (unpaired) electrons. The summed E-state index contributed by atoms with van der Waals surface area (Å²) in [5.74, 6) is 0.537. The summed E-state index contributed by atoms with van der Waals surface area (Å²) in [5, 5.41) is 3.37. The molecule has 1 fully saturated rings. The third-order valence-corrected chi connectivity index (χ3v) is 4.38. The molecule has 0 aliphatic carbocycles. The van der Waals surface area contributed by atoms with E-state index in [2.05, 4.69) is 12.2 Å². The van der Waals surface area contributed by atoms with E-state index in [1.54, 1.807) is 12.1 Å². The lowest BCUT2D eigenvalue weighted by atomic mass is 9.99. The van der Waals surface area contributed by atoms with E-state index in [9.17, 15) is 13.2 Å². The summed E-state index contributed by atoms with van der Waals surface area (Å²) in [5.41, 5.74) is -3.23. The van der Waals surface area contributed by atoms with Gasteiger partial charge in [-0.3, -0.25) is 0 Å². The molecular weight excluding hydrogens is 299 g/mol. The molecule has 0 saturated carbocycles. The van der Waals surface area contributed by atoms with Crippen molar-refractivity contribution in [1.29, 1.82) is 0 Å². The van der Waals surface area contributed by atoms with Crippen LogP contribution in [-0.2, 0) is 11.3 Å². The van der Waals surface area contributed by atoms with Gasteiger partial charge in [0.05, 0.1) is 6.10 Å². The Labute approximate surface area is 127 Å². The molecule has 1 heterocycles. The Bertz CT molecular complexity index is 436. The minimum absolute atomic E-state index is 0.0800. The first kappa shape index (κ1) is 16.6. The van der Waals surface area contributed by atoms with Crippen LogP contribution >= 0.6 is 11.8 Å². The maximum Gasteiger partial charge on any atom is 0.446 e. The van der Waals surface area contributed by atoms with E-state index in [4.69, 9.17) is 4.74 Å². The van der Waals surface area contributed by atoms with Crippen molar-refractivity contribution in [2.24, 2.45) is 5.92 Å². The lowest BCUT2D eigenvalue weighted by Crippen LogP contribution is -2.27. The van der Waals surface area contributed by atoms with Crippen molar-refractivity contribution in [3.8, 4) is 0 Å². The molecule has 2 nitrogen and oxygen atoms in total. The Kier molecular flexibility index (Phi) is 5.96. The number of rotatable bonds is 6. The Morgan fingerprint density at radius 1 is 1.29 bits per heavy atom. The Morgan fingerprint density at radius 3 is 2.62 bits per heavy atom. The molecule has 1 aliphatic heterocycles. The fraction of sp³-hybridized carbons (Fsp3) is 0.600. The molecule has 2 unspecified atom stereocenters. The van der Waals surface area contributed by atoms with Gasteiger partial charge in [0.2, 0.25) is 0 Å². The molecule has 1 N–H and O–H groups in total. The van der Waals surface area contributed by atoms with Crippen LogP contribution in [0.4, 0.5) is 13.2 Å². The fourth-order valence-electron chi connectivity index (χ4n) is 2.59. The van der Waals surface area contributed by atoms with Crippen LogP contribution in [-0.4, -0.2) is 24.8 Å². The van der Waals surface area contributed by atoms with Crippen molar-refractivity contribution in [3.63, 3.8) is 0 Å².